The van der Waals surface area contributed by atoms with Gasteiger partial charge >= 0.3 is 0 Å². The van der Waals surface area contributed by atoms with Gasteiger partial charge in [-0.2, -0.15) is 0 Å². The van der Waals surface area contributed by atoms with E-state index >= 15 is 0 Å². The van der Waals surface area contributed by atoms with Gasteiger partial charge in [-0.05, 0) is 17.8 Å². The molecule has 2 fully saturated rings. The zero-order valence-corrected chi connectivity index (χ0v) is 10.8. The van der Waals surface area contributed by atoms with E-state index in [4.69, 9.17) is 0 Å². The van der Waals surface area contributed by atoms with Gasteiger partial charge in [0.1, 0.15) is 0 Å². The Bertz CT molecular complexity index is 242. The molecule has 0 aromatic heterocycles. The van der Waals surface area contributed by atoms with Crippen molar-refractivity contribution in [2.24, 2.45) is 11.3 Å². The lowest BCUT2D eigenvalue weighted by atomic mass is 10.1. The first-order chi connectivity index (χ1) is 6.59. The standard InChI is InChI=1S/C10H18N2OS.ClH/c1-10(2)3-7(10)4-11-9(13)8-5-14-6-12-8;/h7-8,12H,3-6H2,1-2H3,(H,11,13);1H. The molecule has 0 aromatic rings. The number of amides is 1. The van der Waals surface area contributed by atoms with E-state index in [1.807, 2.05) is 0 Å². The molecule has 2 N–H and O–H groups in total. The fraction of sp³-hybridized carbons (Fsp3) is 0.900. The first-order valence-electron chi connectivity index (χ1n) is 5.18. The highest BCUT2D eigenvalue weighted by Gasteiger charge is 2.45. The van der Waals surface area contributed by atoms with E-state index in [2.05, 4.69) is 24.5 Å². The number of hydrogen-bond donors (Lipinski definition) is 2. The summed E-state index contributed by atoms with van der Waals surface area (Å²) in [5.74, 6) is 2.70. The molecule has 15 heavy (non-hydrogen) atoms. The highest BCUT2D eigenvalue weighted by molar-refractivity contribution is 7.99. The lowest BCUT2D eigenvalue weighted by molar-refractivity contribution is -0.122. The van der Waals surface area contributed by atoms with Crippen molar-refractivity contribution in [3.63, 3.8) is 0 Å². The van der Waals surface area contributed by atoms with Crippen LogP contribution in [-0.2, 0) is 4.79 Å². The molecule has 88 valence electrons. The molecule has 1 heterocycles. The summed E-state index contributed by atoms with van der Waals surface area (Å²) in [7, 11) is 0. The zero-order valence-electron chi connectivity index (χ0n) is 9.21. The van der Waals surface area contributed by atoms with Crippen LogP contribution in [0.2, 0.25) is 0 Å². The van der Waals surface area contributed by atoms with E-state index in [1.54, 1.807) is 11.8 Å². The van der Waals surface area contributed by atoms with Crippen LogP contribution in [0.25, 0.3) is 0 Å². The van der Waals surface area contributed by atoms with Crippen LogP contribution in [0.3, 0.4) is 0 Å². The maximum absolute atomic E-state index is 11.6. The molecule has 1 amide bonds. The Balaban J connectivity index is 0.00000112. The number of hydrogen-bond acceptors (Lipinski definition) is 3. The second kappa shape index (κ2) is 4.93. The fourth-order valence-corrected chi connectivity index (χ4v) is 2.78. The SMILES string of the molecule is CC1(C)CC1CNC(=O)C1CSCN1.Cl. The molecule has 0 spiro atoms. The van der Waals surface area contributed by atoms with Crippen molar-refractivity contribution >= 4 is 30.1 Å². The second-order valence-corrected chi connectivity index (χ2v) is 5.94. The monoisotopic (exact) mass is 250 g/mol. The molecule has 5 heteroatoms. The van der Waals surface area contributed by atoms with Gasteiger partial charge in [-0.1, -0.05) is 13.8 Å². The van der Waals surface area contributed by atoms with E-state index in [9.17, 15) is 4.79 Å². The summed E-state index contributed by atoms with van der Waals surface area (Å²) in [4.78, 5) is 11.6. The maximum Gasteiger partial charge on any atom is 0.238 e. The Morgan fingerprint density at radius 2 is 2.27 bits per heavy atom. The van der Waals surface area contributed by atoms with Crippen LogP contribution in [-0.4, -0.2) is 30.1 Å². The number of rotatable bonds is 3. The van der Waals surface area contributed by atoms with Gasteiger partial charge in [0.05, 0.1) is 6.04 Å². The van der Waals surface area contributed by atoms with Crippen LogP contribution in [0.5, 0.6) is 0 Å². The van der Waals surface area contributed by atoms with Crippen LogP contribution in [0.1, 0.15) is 20.3 Å². The first-order valence-corrected chi connectivity index (χ1v) is 6.34. The number of nitrogens with one attached hydrogen (secondary N) is 2. The van der Waals surface area contributed by atoms with Gasteiger partial charge < -0.3 is 5.32 Å². The van der Waals surface area contributed by atoms with Crippen molar-refractivity contribution in [1.29, 1.82) is 0 Å². The van der Waals surface area contributed by atoms with Gasteiger partial charge in [0.15, 0.2) is 0 Å². The number of carbonyl (C=O) groups excluding carboxylic acids is 1. The molecule has 3 nitrogen and oxygen atoms in total. The van der Waals surface area contributed by atoms with Crippen LogP contribution >= 0.6 is 24.2 Å². The first kappa shape index (κ1) is 13.1. The third-order valence-electron chi connectivity index (χ3n) is 3.27. The minimum Gasteiger partial charge on any atom is -0.354 e. The molecule has 2 unspecified atom stereocenters. The molecule has 0 aromatic carbocycles. The molecule has 2 atom stereocenters. The van der Waals surface area contributed by atoms with Gasteiger partial charge in [0.2, 0.25) is 5.91 Å². The topological polar surface area (TPSA) is 41.1 Å². The second-order valence-electron chi connectivity index (χ2n) is 4.91. The smallest absolute Gasteiger partial charge is 0.238 e. The normalized spacial score (nSPS) is 31.9. The predicted molar refractivity (Wildman–Crippen MR) is 66.4 cm³/mol. The van der Waals surface area contributed by atoms with E-state index in [1.165, 1.54) is 6.42 Å². The highest BCUT2D eigenvalue weighted by Crippen LogP contribution is 2.50. The Morgan fingerprint density at radius 3 is 2.73 bits per heavy atom. The van der Waals surface area contributed by atoms with Crippen LogP contribution < -0.4 is 10.6 Å². The fourth-order valence-electron chi connectivity index (χ4n) is 1.84. The molecule has 1 saturated carbocycles. The van der Waals surface area contributed by atoms with Gasteiger partial charge in [-0.3, -0.25) is 10.1 Å². The summed E-state index contributed by atoms with van der Waals surface area (Å²) < 4.78 is 0. The summed E-state index contributed by atoms with van der Waals surface area (Å²) in [5, 5.41) is 6.20. The maximum atomic E-state index is 11.6. The molecule has 1 aliphatic carbocycles. The van der Waals surface area contributed by atoms with E-state index in [0.717, 1.165) is 18.2 Å². The molecular weight excluding hydrogens is 232 g/mol. The van der Waals surface area contributed by atoms with Crippen molar-refractivity contribution in [2.75, 3.05) is 18.2 Å². The lowest BCUT2D eigenvalue weighted by Crippen LogP contribution is -2.42. The summed E-state index contributed by atoms with van der Waals surface area (Å²) >= 11 is 1.79. The van der Waals surface area contributed by atoms with Crippen molar-refractivity contribution < 1.29 is 4.79 Å². The quantitative estimate of drug-likeness (QED) is 0.792. The van der Waals surface area contributed by atoms with Gasteiger partial charge in [-0.15, -0.1) is 24.2 Å². The average Bonchev–Trinajstić information content (AvgIpc) is 2.58. The van der Waals surface area contributed by atoms with Crippen LogP contribution in [0, 0.1) is 11.3 Å². The average molecular weight is 251 g/mol. The molecular formula is C10H19ClN2OS. The molecule has 1 aliphatic heterocycles. The zero-order chi connectivity index (χ0) is 10.2. The minimum absolute atomic E-state index is 0. The Morgan fingerprint density at radius 1 is 1.60 bits per heavy atom. The predicted octanol–water partition coefficient (Wildman–Crippen LogP) is 1.23. The summed E-state index contributed by atoms with van der Waals surface area (Å²) in [6.45, 7) is 5.37. The van der Waals surface area contributed by atoms with Gasteiger partial charge in [0, 0.05) is 18.2 Å². The third-order valence-corrected chi connectivity index (χ3v) is 4.21. The van der Waals surface area contributed by atoms with Gasteiger partial charge in [-0.25, -0.2) is 0 Å². The summed E-state index contributed by atoms with van der Waals surface area (Å²) in [6, 6.07) is 0.0434. The van der Waals surface area contributed by atoms with Crippen molar-refractivity contribution in [2.45, 2.75) is 26.3 Å². The molecule has 0 radical (unpaired) electrons. The number of thioether (sulfide) groups is 1. The van der Waals surface area contributed by atoms with Crippen LogP contribution in [0.4, 0.5) is 0 Å². The molecule has 0 bridgehead atoms. The van der Waals surface area contributed by atoms with E-state index in [0.29, 0.717) is 11.3 Å². The van der Waals surface area contributed by atoms with Crippen molar-refractivity contribution in [3.05, 3.63) is 0 Å². The van der Waals surface area contributed by atoms with Crippen LogP contribution in [0.15, 0.2) is 0 Å². The minimum atomic E-state index is 0. The molecule has 1 saturated heterocycles. The van der Waals surface area contributed by atoms with E-state index in [-0.39, 0.29) is 24.4 Å². The Kier molecular flexibility index (Phi) is 4.32. The number of halogens is 1. The molecule has 2 rings (SSSR count). The summed E-state index contributed by atoms with van der Waals surface area (Å²) in [6.07, 6.45) is 1.25. The van der Waals surface area contributed by atoms with Gasteiger partial charge in [0.25, 0.3) is 0 Å². The molecule has 2 aliphatic rings. The van der Waals surface area contributed by atoms with Crippen molar-refractivity contribution in [1.82, 2.24) is 10.6 Å². The van der Waals surface area contributed by atoms with Crippen molar-refractivity contribution in [3.8, 4) is 0 Å². The Hall–Kier alpha value is 0.0700. The van der Waals surface area contributed by atoms with E-state index < -0.39 is 0 Å². The number of carbonyl (C=O) groups is 1. The third kappa shape index (κ3) is 3.26. The lowest BCUT2D eigenvalue weighted by Gasteiger charge is -2.10. The highest BCUT2D eigenvalue weighted by atomic mass is 35.5. The Labute approximate surface area is 102 Å². The largest absolute Gasteiger partial charge is 0.354 e. The summed E-state index contributed by atoms with van der Waals surface area (Å²) in [5.41, 5.74) is 0.463.